The minimum absolute atomic E-state index is 0.333. The molecular formula is C11H21I. The summed E-state index contributed by atoms with van der Waals surface area (Å²) in [7, 11) is 0. The van der Waals surface area contributed by atoms with Crippen LogP contribution in [0.4, 0.5) is 0 Å². The molecule has 0 nitrogen and oxygen atoms in total. The number of halogens is 1. The summed E-state index contributed by atoms with van der Waals surface area (Å²) >= 11 is -0.333. The standard InChI is InChI=1S/C11H21I/c1-10(12-8-5-9-12)11-6-3-2-4-7-11/h10-11H,2-9H2,1H3. The molecule has 72 valence electrons. The van der Waals surface area contributed by atoms with Gasteiger partial charge in [-0.15, -0.1) is 0 Å². The van der Waals surface area contributed by atoms with E-state index < -0.39 is 0 Å². The second kappa shape index (κ2) is 4.30. The summed E-state index contributed by atoms with van der Waals surface area (Å²) in [6.07, 6.45) is 9.35. The van der Waals surface area contributed by atoms with Crippen LogP contribution in [-0.2, 0) is 0 Å². The van der Waals surface area contributed by atoms with E-state index >= 15 is 0 Å². The Kier molecular flexibility index (Phi) is 3.33. The fourth-order valence-electron chi connectivity index (χ4n) is 2.48. The van der Waals surface area contributed by atoms with Gasteiger partial charge in [0.2, 0.25) is 0 Å². The first-order valence-electron chi connectivity index (χ1n) is 5.48. The van der Waals surface area contributed by atoms with Crippen molar-refractivity contribution in [2.24, 2.45) is 5.92 Å². The molecule has 1 saturated heterocycles. The molecule has 1 heterocycles. The van der Waals surface area contributed by atoms with Crippen molar-refractivity contribution in [2.45, 2.75) is 49.4 Å². The summed E-state index contributed by atoms with van der Waals surface area (Å²) in [4.78, 5) is 0. The summed E-state index contributed by atoms with van der Waals surface area (Å²) in [6.45, 7) is 2.58. The van der Waals surface area contributed by atoms with Crippen molar-refractivity contribution in [3.05, 3.63) is 0 Å². The van der Waals surface area contributed by atoms with Crippen molar-refractivity contribution in [1.29, 1.82) is 0 Å². The van der Waals surface area contributed by atoms with Crippen LogP contribution < -0.4 is 0 Å². The molecule has 1 unspecified atom stereocenters. The topological polar surface area (TPSA) is 0 Å². The molecule has 0 bridgehead atoms. The van der Waals surface area contributed by atoms with Gasteiger partial charge in [-0.1, -0.05) is 0 Å². The molecule has 0 radical (unpaired) electrons. The van der Waals surface area contributed by atoms with Crippen LogP contribution in [0, 0.1) is 5.92 Å². The Balaban J connectivity index is 1.80. The molecule has 1 atom stereocenters. The van der Waals surface area contributed by atoms with E-state index in [-0.39, 0.29) is 19.8 Å². The van der Waals surface area contributed by atoms with Gasteiger partial charge in [0.1, 0.15) is 0 Å². The number of hydrogen-bond donors (Lipinski definition) is 0. The van der Waals surface area contributed by atoms with Crippen molar-refractivity contribution in [3.63, 3.8) is 0 Å². The molecule has 1 aliphatic heterocycles. The zero-order chi connectivity index (χ0) is 8.39. The molecule has 1 aliphatic carbocycles. The summed E-state index contributed by atoms with van der Waals surface area (Å²) in [5.41, 5.74) is 0. The minimum atomic E-state index is -0.333. The maximum absolute atomic E-state index is 2.58. The Morgan fingerprint density at radius 1 is 1.00 bits per heavy atom. The van der Waals surface area contributed by atoms with Gasteiger partial charge in [-0.25, -0.2) is 0 Å². The quantitative estimate of drug-likeness (QED) is 0.532. The van der Waals surface area contributed by atoms with Crippen LogP contribution in [0.3, 0.4) is 0 Å². The fourth-order valence-corrected chi connectivity index (χ4v) is 8.24. The Bertz CT molecular complexity index is 134. The van der Waals surface area contributed by atoms with E-state index in [1.807, 2.05) is 0 Å². The summed E-state index contributed by atoms with van der Waals surface area (Å²) < 4.78 is 4.60. The Morgan fingerprint density at radius 3 is 2.17 bits per heavy atom. The maximum atomic E-state index is 2.58. The summed E-state index contributed by atoms with van der Waals surface area (Å²) in [5.74, 6) is 1.17. The number of alkyl halides is 3. The molecule has 1 heteroatoms. The average molecular weight is 280 g/mol. The molecule has 12 heavy (non-hydrogen) atoms. The van der Waals surface area contributed by atoms with Gasteiger partial charge in [0.25, 0.3) is 0 Å². The molecule has 0 aromatic carbocycles. The van der Waals surface area contributed by atoms with E-state index in [2.05, 4.69) is 6.92 Å². The molecule has 0 aromatic rings. The zero-order valence-corrected chi connectivity index (χ0v) is 10.3. The molecule has 0 aromatic heterocycles. The third kappa shape index (κ3) is 1.97. The van der Waals surface area contributed by atoms with Crippen molar-refractivity contribution in [2.75, 3.05) is 8.86 Å². The van der Waals surface area contributed by atoms with E-state index in [1.165, 1.54) is 16.3 Å². The fraction of sp³-hybridized carbons (Fsp3) is 1.00. The third-order valence-corrected chi connectivity index (χ3v) is 11.6. The first-order valence-corrected chi connectivity index (χ1v) is 9.78. The Labute approximate surface area is 83.9 Å². The zero-order valence-electron chi connectivity index (χ0n) is 8.19. The van der Waals surface area contributed by atoms with Gasteiger partial charge in [0.05, 0.1) is 0 Å². The molecule has 1 saturated carbocycles. The second-order valence-electron chi connectivity index (χ2n) is 4.30. The van der Waals surface area contributed by atoms with Crippen LogP contribution in [0.1, 0.15) is 45.4 Å². The van der Waals surface area contributed by atoms with Crippen molar-refractivity contribution < 1.29 is 0 Å². The first-order chi connectivity index (χ1) is 5.88. The van der Waals surface area contributed by atoms with Crippen LogP contribution in [-0.4, -0.2) is 12.8 Å². The van der Waals surface area contributed by atoms with Gasteiger partial charge < -0.3 is 0 Å². The van der Waals surface area contributed by atoms with Gasteiger partial charge in [0.15, 0.2) is 0 Å². The van der Waals surface area contributed by atoms with Crippen LogP contribution >= 0.6 is 19.8 Å². The van der Waals surface area contributed by atoms with Crippen LogP contribution in [0.25, 0.3) is 0 Å². The molecular weight excluding hydrogens is 259 g/mol. The number of rotatable bonds is 2. The first kappa shape index (κ1) is 9.29. The third-order valence-electron chi connectivity index (χ3n) is 3.54. The van der Waals surface area contributed by atoms with Crippen molar-refractivity contribution in [1.82, 2.24) is 0 Å². The molecule has 2 aliphatic rings. The van der Waals surface area contributed by atoms with Crippen LogP contribution in [0.2, 0.25) is 0 Å². The monoisotopic (exact) mass is 280 g/mol. The summed E-state index contributed by atoms with van der Waals surface area (Å²) in [5, 5.41) is 0. The molecule has 2 fully saturated rings. The van der Waals surface area contributed by atoms with E-state index in [4.69, 9.17) is 0 Å². The second-order valence-corrected chi connectivity index (χ2v) is 11.3. The van der Waals surface area contributed by atoms with E-state index in [9.17, 15) is 0 Å². The van der Waals surface area contributed by atoms with E-state index in [1.54, 1.807) is 41.0 Å². The van der Waals surface area contributed by atoms with E-state index in [0.29, 0.717) is 0 Å². The predicted octanol–water partition coefficient (Wildman–Crippen LogP) is 3.87. The van der Waals surface area contributed by atoms with Gasteiger partial charge in [-0.3, -0.25) is 0 Å². The molecule has 2 rings (SSSR count). The normalized spacial score (nSPS) is 31.2. The predicted molar refractivity (Wildman–Crippen MR) is 64.4 cm³/mol. The van der Waals surface area contributed by atoms with Gasteiger partial charge in [-0.2, -0.15) is 0 Å². The van der Waals surface area contributed by atoms with Gasteiger partial charge in [0, 0.05) is 0 Å². The van der Waals surface area contributed by atoms with Crippen molar-refractivity contribution >= 4 is 19.8 Å². The summed E-state index contributed by atoms with van der Waals surface area (Å²) in [6, 6.07) is 0. The van der Waals surface area contributed by atoms with Gasteiger partial charge in [-0.05, 0) is 0 Å². The molecule has 0 N–H and O–H groups in total. The Morgan fingerprint density at radius 2 is 1.67 bits per heavy atom. The number of hydrogen-bond acceptors (Lipinski definition) is 0. The van der Waals surface area contributed by atoms with Crippen LogP contribution in [0.15, 0.2) is 0 Å². The SMILES string of the molecule is CC(C1CCCCC1)I1CCC1. The van der Waals surface area contributed by atoms with Gasteiger partial charge >= 0.3 is 84.0 Å². The van der Waals surface area contributed by atoms with Crippen LogP contribution in [0.5, 0.6) is 0 Å². The molecule has 0 amide bonds. The van der Waals surface area contributed by atoms with E-state index in [0.717, 1.165) is 0 Å². The van der Waals surface area contributed by atoms with Crippen molar-refractivity contribution in [3.8, 4) is 0 Å². The average Bonchev–Trinajstić information content (AvgIpc) is 2.03. The molecule has 0 spiro atoms. The Hall–Kier alpha value is 0.730.